The van der Waals surface area contributed by atoms with E-state index in [0.717, 1.165) is 25.9 Å². The molecule has 0 bridgehead atoms. The lowest BCUT2D eigenvalue weighted by Crippen LogP contribution is -2.40. The van der Waals surface area contributed by atoms with Gasteiger partial charge >= 0.3 is 5.69 Å². The van der Waals surface area contributed by atoms with Crippen molar-refractivity contribution in [2.45, 2.75) is 25.8 Å². The smallest absolute Gasteiger partial charge is 0.330 e. The van der Waals surface area contributed by atoms with Gasteiger partial charge in [0, 0.05) is 26.2 Å². The molecular weight excluding hydrogens is 234 g/mol. The van der Waals surface area contributed by atoms with Gasteiger partial charge in [-0.05, 0) is 25.7 Å². The molecule has 1 aliphatic heterocycles. The van der Waals surface area contributed by atoms with Crippen molar-refractivity contribution in [1.29, 1.82) is 0 Å². The Labute approximate surface area is 106 Å². The number of nitrogens with zero attached hydrogens (tertiary/aromatic N) is 4. The standard InChI is InChI=1S/C11H19N5O2/c1-8(12)9-3-5-15(6-4-9)11-10(16(17)18)7-14(2)13-11/h7-9H,3-6,12H2,1-2H3. The Balaban J connectivity index is 2.12. The molecule has 1 atom stereocenters. The molecule has 0 aromatic carbocycles. The van der Waals surface area contributed by atoms with Crippen LogP contribution in [0.1, 0.15) is 19.8 Å². The Kier molecular flexibility index (Phi) is 3.51. The largest absolute Gasteiger partial charge is 0.349 e. The van der Waals surface area contributed by atoms with E-state index in [2.05, 4.69) is 5.10 Å². The summed E-state index contributed by atoms with van der Waals surface area (Å²) in [6.45, 7) is 3.58. The minimum atomic E-state index is -0.375. The Bertz CT molecular complexity index is 435. The van der Waals surface area contributed by atoms with Crippen LogP contribution in [0.5, 0.6) is 0 Å². The molecule has 0 radical (unpaired) electrons. The van der Waals surface area contributed by atoms with E-state index in [9.17, 15) is 10.1 Å². The van der Waals surface area contributed by atoms with Gasteiger partial charge in [-0.15, -0.1) is 5.10 Å². The van der Waals surface area contributed by atoms with Crippen LogP contribution in [0.15, 0.2) is 6.20 Å². The molecule has 1 aromatic heterocycles. The SMILES string of the molecule is CC(N)C1CCN(c2nn(C)cc2[N+](=O)[O-])CC1. The normalized spacial score (nSPS) is 18.9. The van der Waals surface area contributed by atoms with Gasteiger partial charge in [0.2, 0.25) is 5.82 Å². The fraction of sp³-hybridized carbons (Fsp3) is 0.727. The summed E-state index contributed by atoms with van der Waals surface area (Å²) in [5.41, 5.74) is 5.97. The van der Waals surface area contributed by atoms with Gasteiger partial charge < -0.3 is 10.6 Å². The molecule has 100 valence electrons. The molecule has 0 amide bonds. The monoisotopic (exact) mass is 253 g/mol. The summed E-state index contributed by atoms with van der Waals surface area (Å²) >= 11 is 0. The first-order valence-corrected chi connectivity index (χ1v) is 6.17. The summed E-state index contributed by atoms with van der Waals surface area (Å²) in [4.78, 5) is 12.6. The van der Waals surface area contributed by atoms with E-state index in [1.54, 1.807) is 7.05 Å². The van der Waals surface area contributed by atoms with Crippen LogP contribution in [0.4, 0.5) is 11.5 Å². The highest BCUT2D eigenvalue weighted by atomic mass is 16.6. The second-order valence-electron chi connectivity index (χ2n) is 4.95. The summed E-state index contributed by atoms with van der Waals surface area (Å²) in [5.74, 6) is 0.981. The zero-order valence-electron chi connectivity index (χ0n) is 10.7. The highest BCUT2D eigenvalue weighted by Gasteiger charge is 2.28. The number of hydrogen-bond donors (Lipinski definition) is 1. The average molecular weight is 253 g/mol. The third-order valence-corrected chi connectivity index (χ3v) is 3.57. The maximum absolute atomic E-state index is 11.0. The number of hydrogen-bond acceptors (Lipinski definition) is 5. The number of aromatic nitrogens is 2. The van der Waals surface area contributed by atoms with Gasteiger partial charge in [-0.1, -0.05) is 0 Å². The van der Waals surface area contributed by atoms with E-state index < -0.39 is 0 Å². The summed E-state index contributed by atoms with van der Waals surface area (Å²) < 4.78 is 1.49. The van der Waals surface area contributed by atoms with Crippen LogP contribution in [0.25, 0.3) is 0 Å². The van der Waals surface area contributed by atoms with Crippen molar-refractivity contribution < 1.29 is 4.92 Å². The minimum Gasteiger partial charge on any atom is -0.349 e. The van der Waals surface area contributed by atoms with Gasteiger partial charge in [-0.25, -0.2) is 0 Å². The number of aryl methyl sites for hydroxylation is 1. The van der Waals surface area contributed by atoms with Crippen LogP contribution >= 0.6 is 0 Å². The van der Waals surface area contributed by atoms with E-state index >= 15 is 0 Å². The van der Waals surface area contributed by atoms with Gasteiger partial charge in [0.1, 0.15) is 6.20 Å². The Morgan fingerprint density at radius 1 is 1.56 bits per heavy atom. The topological polar surface area (TPSA) is 90.2 Å². The molecule has 0 aliphatic carbocycles. The van der Waals surface area contributed by atoms with Crippen LogP contribution in [-0.2, 0) is 7.05 Å². The van der Waals surface area contributed by atoms with Gasteiger partial charge in [-0.2, -0.15) is 0 Å². The molecule has 1 fully saturated rings. The lowest BCUT2D eigenvalue weighted by Gasteiger charge is -2.33. The molecule has 2 heterocycles. The average Bonchev–Trinajstić information content (AvgIpc) is 2.71. The number of piperidine rings is 1. The molecule has 1 aliphatic rings. The van der Waals surface area contributed by atoms with Crippen molar-refractivity contribution in [2.75, 3.05) is 18.0 Å². The van der Waals surface area contributed by atoms with Gasteiger partial charge in [0.05, 0.1) is 4.92 Å². The third-order valence-electron chi connectivity index (χ3n) is 3.57. The number of anilines is 1. The Hall–Kier alpha value is -1.63. The zero-order chi connectivity index (χ0) is 13.3. The quantitative estimate of drug-likeness (QED) is 0.638. The number of nitro groups is 1. The maximum Gasteiger partial charge on any atom is 0.330 e. The van der Waals surface area contributed by atoms with Crippen molar-refractivity contribution in [3.05, 3.63) is 16.3 Å². The number of nitrogens with two attached hydrogens (primary N) is 1. The van der Waals surface area contributed by atoms with Crippen LogP contribution in [0, 0.1) is 16.0 Å². The summed E-state index contributed by atoms with van der Waals surface area (Å²) in [6.07, 6.45) is 3.38. The van der Waals surface area contributed by atoms with Crippen LogP contribution in [0.3, 0.4) is 0 Å². The molecule has 2 N–H and O–H groups in total. The van der Waals surface area contributed by atoms with Crippen molar-refractivity contribution in [1.82, 2.24) is 9.78 Å². The number of rotatable bonds is 3. The molecule has 2 rings (SSSR count). The van der Waals surface area contributed by atoms with Gasteiger partial charge in [0.25, 0.3) is 0 Å². The Morgan fingerprint density at radius 2 is 2.17 bits per heavy atom. The minimum absolute atomic E-state index is 0.0803. The van der Waals surface area contributed by atoms with Crippen molar-refractivity contribution >= 4 is 11.5 Å². The van der Waals surface area contributed by atoms with Crippen molar-refractivity contribution in [2.24, 2.45) is 18.7 Å². The lowest BCUT2D eigenvalue weighted by atomic mass is 9.91. The predicted octanol–water partition coefficient (Wildman–Crippen LogP) is 0.892. The fourth-order valence-electron chi connectivity index (χ4n) is 2.46. The van der Waals surface area contributed by atoms with Crippen LogP contribution < -0.4 is 10.6 Å². The van der Waals surface area contributed by atoms with Crippen LogP contribution in [0.2, 0.25) is 0 Å². The highest BCUT2D eigenvalue weighted by molar-refractivity contribution is 5.56. The van der Waals surface area contributed by atoms with E-state index in [4.69, 9.17) is 5.73 Å². The maximum atomic E-state index is 11.0. The fourth-order valence-corrected chi connectivity index (χ4v) is 2.46. The van der Waals surface area contributed by atoms with Crippen molar-refractivity contribution in [3.8, 4) is 0 Å². The Morgan fingerprint density at radius 3 is 2.67 bits per heavy atom. The molecule has 1 aromatic rings. The molecule has 7 nitrogen and oxygen atoms in total. The van der Waals surface area contributed by atoms with E-state index in [-0.39, 0.29) is 16.7 Å². The van der Waals surface area contributed by atoms with Crippen LogP contribution in [-0.4, -0.2) is 33.8 Å². The lowest BCUT2D eigenvalue weighted by molar-refractivity contribution is -0.384. The first-order valence-electron chi connectivity index (χ1n) is 6.17. The molecule has 0 saturated carbocycles. The van der Waals surface area contributed by atoms with Gasteiger partial charge in [-0.3, -0.25) is 14.8 Å². The molecule has 1 saturated heterocycles. The summed E-state index contributed by atoms with van der Waals surface area (Å²) in [7, 11) is 1.70. The van der Waals surface area contributed by atoms with Gasteiger partial charge in [0.15, 0.2) is 0 Å². The summed E-state index contributed by atoms with van der Waals surface area (Å²) in [6, 6.07) is 0.186. The van der Waals surface area contributed by atoms with E-state index in [1.165, 1.54) is 10.9 Å². The van der Waals surface area contributed by atoms with Crippen molar-refractivity contribution in [3.63, 3.8) is 0 Å². The molecule has 1 unspecified atom stereocenters. The first-order chi connectivity index (χ1) is 8.49. The second kappa shape index (κ2) is 4.93. The summed E-state index contributed by atoms with van der Waals surface area (Å²) in [5, 5.41) is 15.2. The highest BCUT2D eigenvalue weighted by Crippen LogP contribution is 2.30. The molecule has 0 spiro atoms. The van der Waals surface area contributed by atoms with E-state index in [1.807, 2.05) is 11.8 Å². The second-order valence-corrected chi connectivity index (χ2v) is 4.95. The first kappa shape index (κ1) is 12.8. The molecule has 18 heavy (non-hydrogen) atoms. The third kappa shape index (κ3) is 2.45. The molecule has 7 heteroatoms. The zero-order valence-corrected chi connectivity index (χ0v) is 10.7. The van der Waals surface area contributed by atoms with E-state index in [0.29, 0.717) is 11.7 Å². The molecular formula is C11H19N5O2. The predicted molar refractivity (Wildman–Crippen MR) is 68.4 cm³/mol.